The Kier molecular flexibility index (Phi) is 5.21. The number of carbonyl (C=O) groups is 1. The summed E-state index contributed by atoms with van der Waals surface area (Å²) in [4.78, 5) is 19.1. The van der Waals surface area contributed by atoms with Gasteiger partial charge < -0.3 is 9.80 Å². The predicted molar refractivity (Wildman–Crippen MR) is 105 cm³/mol. The van der Waals surface area contributed by atoms with Gasteiger partial charge in [0.15, 0.2) is 0 Å². The first-order chi connectivity index (χ1) is 12.8. The van der Waals surface area contributed by atoms with Gasteiger partial charge in [-0.3, -0.25) is 4.90 Å². The quantitative estimate of drug-likeness (QED) is 0.845. The second kappa shape index (κ2) is 7.92. The largest absolute Gasteiger partial charge is 0.325 e. The molecule has 2 aromatic carbocycles. The Labute approximate surface area is 156 Å². The van der Waals surface area contributed by atoms with Crippen LogP contribution in [0.5, 0.6) is 0 Å². The molecule has 0 saturated carbocycles. The molecule has 26 heavy (non-hydrogen) atoms. The fraction of sp³-hybridized carbons (Fsp3) is 0.409. The van der Waals surface area contributed by atoms with E-state index in [2.05, 4.69) is 59.5 Å². The Morgan fingerprint density at radius 3 is 2.08 bits per heavy atom. The molecule has 2 aliphatic rings. The van der Waals surface area contributed by atoms with Gasteiger partial charge in [-0.25, -0.2) is 4.79 Å². The second-order valence-corrected chi connectivity index (χ2v) is 7.26. The Bertz CT molecular complexity index is 732. The summed E-state index contributed by atoms with van der Waals surface area (Å²) in [5.41, 5.74) is 3.94. The zero-order valence-electron chi connectivity index (χ0n) is 15.3. The van der Waals surface area contributed by atoms with Gasteiger partial charge in [-0.1, -0.05) is 54.6 Å². The van der Waals surface area contributed by atoms with E-state index in [0.717, 1.165) is 58.7 Å². The summed E-state index contributed by atoms with van der Waals surface area (Å²) in [5, 5.41) is 0. The molecule has 0 aromatic heterocycles. The van der Waals surface area contributed by atoms with E-state index in [1.807, 2.05) is 9.80 Å². The average molecular weight is 349 g/mol. The Morgan fingerprint density at radius 1 is 0.731 bits per heavy atom. The third-order valence-corrected chi connectivity index (χ3v) is 5.52. The van der Waals surface area contributed by atoms with Gasteiger partial charge >= 0.3 is 6.03 Å². The first kappa shape index (κ1) is 17.1. The number of urea groups is 1. The van der Waals surface area contributed by atoms with E-state index in [4.69, 9.17) is 0 Å². The van der Waals surface area contributed by atoms with Crippen molar-refractivity contribution >= 4 is 6.03 Å². The first-order valence-electron chi connectivity index (χ1n) is 9.71. The number of nitrogens with zero attached hydrogens (tertiary/aromatic N) is 3. The van der Waals surface area contributed by atoms with E-state index >= 15 is 0 Å². The maximum Gasteiger partial charge on any atom is 0.320 e. The maximum atomic E-state index is 12.5. The van der Waals surface area contributed by atoms with E-state index in [1.54, 1.807) is 0 Å². The third kappa shape index (κ3) is 3.75. The van der Waals surface area contributed by atoms with Crippen molar-refractivity contribution in [3.63, 3.8) is 0 Å². The molecule has 0 bridgehead atoms. The Morgan fingerprint density at radius 2 is 1.35 bits per heavy atom. The van der Waals surface area contributed by atoms with Gasteiger partial charge in [0.1, 0.15) is 0 Å². The summed E-state index contributed by atoms with van der Waals surface area (Å²) in [7, 11) is 0. The number of piperazine rings is 1. The van der Waals surface area contributed by atoms with Gasteiger partial charge in [-0.05, 0) is 29.5 Å². The van der Waals surface area contributed by atoms with Crippen molar-refractivity contribution < 1.29 is 4.79 Å². The SMILES string of the molecule is O=C(N1CCCC1)N1CCN(Cc2ccccc2-c2ccccc2)CC1. The number of benzene rings is 2. The zero-order chi connectivity index (χ0) is 17.8. The van der Waals surface area contributed by atoms with Gasteiger partial charge in [0.05, 0.1) is 0 Å². The van der Waals surface area contributed by atoms with Crippen LogP contribution in [0.2, 0.25) is 0 Å². The highest BCUT2D eigenvalue weighted by Crippen LogP contribution is 2.25. The van der Waals surface area contributed by atoms with Crippen LogP contribution < -0.4 is 0 Å². The predicted octanol–water partition coefficient (Wildman–Crippen LogP) is 3.69. The van der Waals surface area contributed by atoms with E-state index < -0.39 is 0 Å². The molecule has 136 valence electrons. The summed E-state index contributed by atoms with van der Waals surface area (Å²) in [6.45, 7) is 6.38. The molecule has 2 heterocycles. The summed E-state index contributed by atoms with van der Waals surface area (Å²) >= 11 is 0. The van der Waals surface area contributed by atoms with Crippen LogP contribution in [0.15, 0.2) is 54.6 Å². The van der Waals surface area contributed by atoms with Crippen LogP contribution in [-0.2, 0) is 6.54 Å². The van der Waals surface area contributed by atoms with E-state index in [0.29, 0.717) is 0 Å². The number of likely N-dealkylation sites (tertiary alicyclic amines) is 1. The molecule has 4 rings (SSSR count). The molecular formula is C22H27N3O. The van der Waals surface area contributed by atoms with Crippen LogP contribution in [0, 0.1) is 0 Å². The highest BCUT2D eigenvalue weighted by molar-refractivity contribution is 5.74. The zero-order valence-corrected chi connectivity index (χ0v) is 15.3. The summed E-state index contributed by atoms with van der Waals surface area (Å²) in [6, 6.07) is 19.5. The number of rotatable bonds is 3. The molecule has 0 aliphatic carbocycles. The van der Waals surface area contributed by atoms with Gasteiger partial charge in [0.2, 0.25) is 0 Å². The van der Waals surface area contributed by atoms with Crippen LogP contribution in [0.1, 0.15) is 18.4 Å². The molecule has 2 aliphatic heterocycles. The van der Waals surface area contributed by atoms with Crippen LogP contribution in [0.4, 0.5) is 4.79 Å². The molecule has 0 N–H and O–H groups in total. The van der Waals surface area contributed by atoms with Crippen LogP contribution in [0.3, 0.4) is 0 Å². The van der Waals surface area contributed by atoms with Crippen LogP contribution in [0.25, 0.3) is 11.1 Å². The minimum Gasteiger partial charge on any atom is -0.325 e. The molecule has 2 amide bonds. The lowest BCUT2D eigenvalue weighted by molar-refractivity contribution is 0.115. The summed E-state index contributed by atoms with van der Waals surface area (Å²) in [5.74, 6) is 0. The molecule has 2 fully saturated rings. The number of hydrogen-bond acceptors (Lipinski definition) is 2. The van der Waals surface area contributed by atoms with Crippen molar-refractivity contribution in [2.75, 3.05) is 39.3 Å². The number of amides is 2. The van der Waals surface area contributed by atoms with Gasteiger partial charge in [-0.2, -0.15) is 0 Å². The standard InChI is InChI=1S/C22H27N3O/c26-22(24-12-6-7-13-24)25-16-14-23(15-17-25)18-20-10-4-5-11-21(20)19-8-2-1-3-9-19/h1-5,8-11H,6-7,12-18H2. The van der Waals surface area contributed by atoms with Crippen molar-refractivity contribution in [3.8, 4) is 11.1 Å². The minimum absolute atomic E-state index is 0.242. The van der Waals surface area contributed by atoms with Crippen molar-refractivity contribution in [2.45, 2.75) is 19.4 Å². The smallest absolute Gasteiger partial charge is 0.320 e. The lowest BCUT2D eigenvalue weighted by Gasteiger charge is -2.36. The monoisotopic (exact) mass is 349 g/mol. The molecular weight excluding hydrogens is 322 g/mol. The van der Waals surface area contributed by atoms with E-state index in [9.17, 15) is 4.79 Å². The lowest BCUT2D eigenvalue weighted by Crippen LogP contribution is -2.52. The maximum absolute atomic E-state index is 12.5. The highest BCUT2D eigenvalue weighted by Gasteiger charge is 2.27. The van der Waals surface area contributed by atoms with Crippen molar-refractivity contribution in [1.82, 2.24) is 14.7 Å². The van der Waals surface area contributed by atoms with Crippen LogP contribution >= 0.6 is 0 Å². The molecule has 2 saturated heterocycles. The average Bonchev–Trinajstić information content (AvgIpc) is 3.24. The Balaban J connectivity index is 1.38. The normalized spacial score (nSPS) is 18.3. The lowest BCUT2D eigenvalue weighted by atomic mass is 9.99. The highest BCUT2D eigenvalue weighted by atomic mass is 16.2. The van der Waals surface area contributed by atoms with Gasteiger partial charge in [-0.15, -0.1) is 0 Å². The fourth-order valence-corrected chi connectivity index (χ4v) is 4.00. The third-order valence-electron chi connectivity index (χ3n) is 5.52. The fourth-order valence-electron chi connectivity index (χ4n) is 4.00. The van der Waals surface area contributed by atoms with E-state index in [1.165, 1.54) is 16.7 Å². The van der Waals surface area contributed by atoms with E-state index in [-0.39, 0.29) is 6.03 Å². The van der Waals surface area contributed by atoms with Crippen LogP contribution in [-0.4, -0.2) is 60.0 Å². The Hall–Kier alpha value is -2.33. The van der Waals surface area contributed by atoms with Gasteiger partial charge in [0.25, 0.3) is 0 Å². The summed E-state index contributed by atoms with van der Waals surface area (Å²) < 4.78 is 0. The number of hydrogen-bond donors (Lipinski definition) is 0. The molecule has 2 aromatic rings. The van der Waals surface area contributed by atoms with Gasteiger partial charge in [0, 0.05) is 45.8 Å². The summed E-state index contributed by atoms with van der Waals surface area (Å²) in [6.07, 6.45) is 2.31. The molecule has 0 atom stereocenters. The first-order valence-corrected chi connectivity index (χ1v) is 9.71. The topological polar surface area (TPSA) is 26.8 Å². The molecule has 0 spiro atoms. The number of carbonyl (C=O) groups excluding carboxylic acids is 1. The second-order valence-electron chi connectivity index (χ2n) is 7.26. The molecule has 4 heteroatoms. The molecule has 0 radical (unpaired) electrons. The van der Waals surface area contributed by atoms with Crippen molar-refractivity contribution in [3.05, 3.63) is 60.2 Å². The minimum atomic E-state index is 0.242. The van der Waals surface area contributed by atoms with Crippen molar-refractivity contribution in [1.29, 1.82) is 0 Å². The molecule has 4 nitrogen and oxygen atoms in total. The molecule has 0 unspecified atom stereocenters. The van der Waals surface area contributed by atoms with Crippen molar-refractivity contribution in [2.24, 2.45) is 0 Å².